The lowest BCUT2D eigenvalue weighted by molar-refractivity contribution is -0.384. The van der Waals surface area contributed by atoms with E-state index in [1.807, 2.05) is 0 Å². The predicted molar refractivity (Wildman–Crippen MR) is 124 cm³/mol. The van der Waals surface area contributed by atoms with Crippen molar-refractivity contribution < 1.29 is 13.3 Å². The minimum absolute atomic E-state index is 0.163. The van der Waals surface area contributed by atoms with E-state index in [2.05, 4.69) is 25.6 Å². The number of nitrogens with zero attached hydrogens (tertiary/aromatic N) is 5. The molecule has 3 aromatic heterocycles. The molecule has 33 heavy (non-hydrogen) atoms. The molecule has 3 heterocycles. The maximum Gasteiger partial charge on any atom is 0.311 e. The second-order valence-electron chi connectivity index (χ2n) is 7.13. The molecule has 13 heteroatoms. The summed E-state index contributed by atoms with van der Waals surface area (Å²) < 4.78 is 25.6. The molecule has 1 aromatic carbocycles. The first-order chi connectivity index (χ1) is 15.7. The number of hydrogen-bond donors (Lipinski definition) is 3. The summed E-state index contributed by atoms with van der Waals surface area (Å²) in [5.74, 6) is 0.762. The Morgan fingerprint density at radius 3 is 2.64 bits per heavy atom. The molecule has 0 radical (unpaired) electrons. The molecule has 0 saturated heterocycles. The molecule has 0 spiro atoms. The third kappa shape index (κ3) is 4.82. The number of nitrogens with one attached hydrogen (secondary N) is 2. The number of pyridine rings is 1. The molecular weight excluding hydrogens is 448 g/mol. The molecule has 0 bridgehead atoms. The summed E-state index contributed by atoms with van der Waals surface area (Å²) in [4.78, 5) is 23.4. The fraction of sp³-hybridized carbons (Fsp3) is 0.150. The Morgan fingerprint density at radius 2 is 1.91 bits per heavy atom. The summed E-state index contributed by atoms with van der Waals surface area (Å²) in [6.07, 6.45) is 4.55. The number of benzene rings is 1. The maximum absolute atomic E-state index is 11.9. The van der Waals surface area contributed by atoms with Crippen molar-refractivity contribution in [3.05, 3.63) is 65.0 Å². The normalized spacial score (nSPS) is 11.4. The summed E-state index contributed by atoms with van der Waals surface area (Å²) in [7, 11) is -3.35. The van der Waals surface area contributed by atoms with E-state index in [9.17, 15) is 18.5 Å². The molecule has 170 valence electrons. The van der Waals surface area contributed by atoms with Gasteiger partial charge in [-0.15, -0.1) is 0 Å². The van der Waals surface area contributed by atoms with Gasteiger partial charge in [-0.3, -0.25) is 14.5 Å². The highest BCUT2D eigenvalue weighted by molar-refractivity contribution is 7.90. The average Bonchev–Trinajstić information content (AvgIpc) is 3.25. The van der Waals surface area contributed by atoms with Crippen molar-refractivity contribution in [3.8, 4) is 11.3 Å². The fourth-order valence-corrected chi connectivity index (χ4v) is 3.83. The summed E-state index contributed by atoms with van der Waals surface area (Å²) in [5.41, 5.74) is 7.22. The van der Waals surface area contributed by atoms with Gasteiger partial charge < -0.3 is 16.4 Å². The van der Waals surface area contributed by atoms with Crippen molar-refractivity contribution in [1.82, 2.24) is 19.4 Å². The molecule has 0 unspecified atom stereocenters. The highest BCUT2D eigenvalue weighted by Gasteiger charge is 2.14. The number of sulfone groups is 1. The molecule has 0 atom stereocenters. The third-order valence-corrected chi connectivity index (χ3v) is 5.87. The molecular formula is C20H20N8O4S. The molecule has 12 nitrogen and oxygen atoms in total. The fourth-order valence-electron chi connectivity index (χ4n) is 3.17. The van der Waals surface area contributed by atoms with Gasteiger partial charge in [0, 0.05) is 49.4 Å². The molecule has 0 aliphatic rings. The number of anilines is 3. The Balaban J connectivity index is 1.51. The Bertz CT molecular complexity index is 1450. The number of nitro groups is 1. The Kier molecular flexibility index (Phi) is 5.79. The smallest absolute Gasteiger partial charge is 0.311 e. The largest absolute Gasteiger partial charge is 0.378 e. The number of rotatable bonds is 8. The maximum atomic E-state index is 11.9. The summed E-state index contributed by atoms with van der Waals surface area (Å²) in [6.45, 7) is 0.863. The van der Waals surface area contributed by atoms with Gasteiger partial charge in [-0.25, -0.2) is 23.4 Å². The molecule has 0 aliphatic heterocycles. The van der Waals surface area contributed by atoms with Gasteiger partial charge in [0.05, 0.1) is 15.5 Å². The first-order valence-corrected chi connectivity index (χ1v) is 11.6. The van der Waals surface area contributed by atoms with Crippen molar-refractivity contribution in [2.75, 3.05) is 35.7 Å². The van der Waals surface area contributed by atoms with Crippen LogP contribution in [0, 0.1) is 10.1 Å². The van der Waals surface area contributed by atoms with Gasteiger partial charge in [-0.05, 0) is 18.2 Å². The van der Waals surface area contributed by atoms with Crippen LogP contribution in [0.2, 0.25) is 0 Å². The van der Waals surface area contributed by atoms with E-state index in [0.717, 1.165) is 6.26 Å². The zero-order valence-electron chi connectivity index (χ0n) is 17.5. The topological polar surface area (TPSA) is 170 Å². The first kappa shape index (κ1) is 22.0. The van der Waals surface area contributed by atoms with Gasteiger partial charge in [0.1, 0.15) is 11.5 Å². The van der Waals surface area contributed by atoms with E-state index in [-0.39, 0.29) is 16.4 Å². The summed E-state index contributed by atoms with van der Waals surface area (Å²) in [6, 6.07) is 11.1. The van der Waals surface area contributed by atoms with Crippen LogP contribution >= 0.6 is 0 Å². The summed E-state index contributed by atoms with van der Waals surface area (Å²) in [5, 5.41) is 17.1. The SMILES string of the molecule is CS(=O)(=O)c1cccc(-c2cc3nccn3c(NCCNc3ccc([N+](=O)[O-])c(N)n3)n2)c1. The van der Waals surface area contributed by atoms with E-state index in [0.29, 0.717) is 41.8 Å². The van der Waals surface area contributed by atoms with Crippen molar-refractivity contribution in [1.29, 1.82) is 0 Å². The minimum atomic E-state index is -3.35. The number of aromatic nitrogens is 4. The van der Waals surface area contributed by atoms with Crippen molar-refractivity contribution in [2.45, 2.75) is 4.90 Å². The molecule has 4 rings (SSSR count). The van der Waals surface area contributed by atoms with Crippen LogP contribution in [0.3, 0.4) is 0 Å². The van der Waals surface area contributed by atoms with Gasteiger partial charge in [0.25, 0.3) is 0 Å². The lowest BCUT2D eigenvalue weighted by Crippen LogP contribution is -2.17. The third-order valence-electron chi connectivity index (χ3n) is 4.76. The zero-order chi connectivity index (χ0) is 23.6. The lowest BCUT2D eigenvalue weighted by Gasteiger charge is -2.12. The van der Waals surface area contributed by atoms with Crippen LogP contribution in [-0.2, 0) is 9.84 Å². The van der Waals surface area contributed by atoms with Crippen molar-refractivity contribution >= 4 is 38.8 Å². The van der Waals surface area contributed by atoms with Crippen LogP contribution in [0.25, 0.3) is 16.9 Å². The van der Waals surface area contributed by atoms with Gasteiger partial charge in [-0.2, -0.15) is 0 Å². The summed E-state index contributed by atoms with van der Waals surface area (Å²) >= 11 is 0. The van der Waals surface area contributed by atoms with Crippen LogP contribution in [0.1, 0.15) is 0 Å². The molecule has 0 aliphatic carbocycles. The number of hydrogen-bond acceptors (Lipinski definition) is 10. The van der Waals surface area contributed by atoms with Crippen LogP contribution in [0.5, 0.6) is 0 Å². The van der Waals surface area contributed by atoms with Gasteiger partial charge in [0.15, 0.2) is 9.84 Å². The highest BCUT2D eigenvalue weighted by atomic mass is 32.2. The van der Waals surface area contributed by atoms with Gasteiger partial charge in [-0.1, -0.05) is 12.1 Å². The Hall–Kier alpha value is -4.26. The number of imidazole rings is 1. The molecule has 0 fully saturated rings. The van der Waals surface area contributed by atoms with Crippen LogP contribution < -0.4 is 16.4 Å². The molecule has 4 N–H and O–H groups in total. The van der Waals surface area contributed by atoms with Gasteiger partial charge in [0.2, 0.25) is 11.8 Å². The Morgan fingerprint density at radius 1 is 1.12 bits per heavy atom. The molecule has 4 aromatic rings. The number of fused-ring (bicyclic) bond motifs is 1. The molecule has 0 saturated carbocycles. The van der Waals surface area contributed by atoms with Crippen molar-refractivity contribution in [3.63, 3.8) is 0 Å². The highest BCUT2D eigenvalue weighted by Crippen LogP contribution is 2.24. The van der Waals surface area contributed by atoms with Crippen LogP contribution in [0.4, 0.5) is 23.3 Å². The van der Waals surface area contributed by atoms with E-state index in [1.165, 1.54) is 18.2 Å². The number of nitrogens with two attached hydrogens (primary N) is 1. The van der Waals surface area contributed by atoms with Crippen molar-refractivity contribution in [2.24, 2.45) is 0 Å². The quantitative estimate of drug-likeness (QED) is 0.198. The predicted octanol–water partition coefficient (Wildman–Crippen LogP) is 2.21. The Labute approximate surface area is 188 Å². The number of nitrogen functional groups attached to an aromatic ring is 1. The standard InChI is InChI=1S/C20H20N8O4S/c1-33(31,32)14-4-2-3-13(11-14)15-12-18-23-9-10-27(18)20(25-15)24-8-7-22-17-6-5-16(28(29)30)19(21)26-17/h2-6,9-12H,7-8H2,1H3,(H,24,25)(H3,21,22,26). The van der Waals surface area contributed by atoms with E-state index in [1.54, 1.807) is 41.1 Å². The lowest BCUT2D eigenvalue weighted by atomic mass is 10.1. The second-order valence-corrected chi connectivity index (χ2v) is 9.15. The molecule has 0 amide bonds. The zero-order valence-corrected chi connectivity index (χ0v) is 18.3. The first-order valence-electron chi connectivity index (χ1n) is 9.75. The second kappa shape index (κ2) is 8.70. The van der Waals surface area contributed by atoms with E-state index >= 15 is 0 Å². The van der Waals surface area contributed by atoms with Gasteiger partial charge >= 0.3 is 5.69 Å². The average molecular weight is 468 g/mol. The monoisotopic (exact) mass is 468 g/mol. The van der Waals surface area contributed by atoms with Crippen LogP contribution in [-0.4, -0.2) is 52.0 Å². The minimum Gasteiger partial charge on any atom is -0.378 e. The van der Waals surface area contributed by atoms with E-state index < -0.39 is 14.8 Å². The van der Waals surface area contributed by atoms with Crippen LogP contribution in [0.15, 0.2) is 59.8 Å². The van der Waals surface area contributed by atoms with E-state index in [4.69, 9.17) is 5.73 Å².